The van der Waals surface area contributed by atoms with Gasteiger partial charge in [0.2, 0.25) is 5.91 Å². The van der Waals surface area contributed by atoms with Gasteiger partial charge in [-0.25, -0.2) is 0 Å². The number of aromatic nitrogens is 3. The summed E-state index contributed by atoms with van der Waals surface area (Å²) < 4.78 is 7.59. The fourth-order valence-corrected chi connectivity index (χ4v) is 6.33. The first-order valence-electron chi connectivity index (χ1n) is 11.9. The van der Waals surface area contributed by atoms with Crippen LogP contribution in [0.25, 0.3) is 0 Å². The standard InChI is InChI=1S/C26H31N5O2S2/c1-5-26(2,3)17-11-12-19-20(14-27)24(35-21(19)13-17)28-23(32)16-34-25-30-29-22(31(25)4)15-33-18-9-7-6-8-10-18/h6-10,17H,5,11-13,15-16H2,1-4H3,(H,28,32). The van der Waals surface area contributed by atoms with Crippen LogP contribution in [0.15, 0.2) is 35.5 Å². The Labute approximate surface area is 214 Å². The molecule has 2 heterocycles. The van der Waals surface area contributed by atoms with Crippen LogP contribution < -0.4 is 10.1 Å². The van der Waals surface area contributed by atoms with Crippen molar-refractivity contribution in [2.45, 2.75) is 58.2 Å². The second kappa shape index (κ2) is 10.8. The highest BCUT2D eigenvalue weighted by atomic mass is 32.2. The molecular weight excluding hydrogens is 478 g/mol. The lowest BCUT2D eigenvalue weighted by Gasteiger charge is -2.36. The van der Waals surface area contributed by atoms with Gasteiger partial charge in [0.05, 0.1) is 11.3 Å². The van der Waals surface area contributed by atoms with E-state index in [0.29, 0.717) is 34.1 Å². The van der Waals surface area contributed by atoms with E-state index >= 15 is 0 Å². The third kappa shape index (κ3) is 5.71. The molecule has 1 aliphatic rings. The van der Waals surface area contributed by atoms with E-state index in [2.05, 4.69) is 42.4 Å². The van der Waals surface area contributed by atoms with Crippen LogP contribution in [0, 0.1) is 22.7 Å². The van der Waals surface area contributed by atoms with Gasteiger partial charge in [-0.2, -0.15) is 5.26 Å². The van der Waals surface area contributed by atoms with Gasteiger partial charge in [-0.1, -0.05) is 57.2 Å². The number of hydrogen-bond acceptors (Lipinski definition) is 7. The Hall–Kier alpha value is -2.83. The number of ether oxygens (including phenoxy) is 1. The van der Waals surface area contributed by atoms with Crippen LogP contribution in [-0.2, 0) is 31.3 Å². The number of fused-ring (bicyclic) bond motifs is 1. The normalized spacial score (nSPS) is 15.3. The Morgan fingerprint density at radius 2 is 2.11 bits per heavy atom. The summed E-state index contributed by atoms with van der Waals surface area (Å²) in [6.45, 7) is 7.19. The predicted molar refractivity (Wildman–Crippen MR) is 140 cm³/mol. The minimum Gasteiger partial charge on any atom is -0.486 e. The number of benzene rings is 1. The van der Waals surface area contributed by atoms with Crippen LogP contribution in [-0.4, -0.2) is 26.4 Å². The van der Waals surface area contributed by atoms with Crippen molar-refractivity contribution in [2.24, 2.45) is 18.4 Å². The molecule has 184 valence electrons. The summed E-state index contributed by atoms with van der Waals surface area (Å²) in [4.78, 5) is 14.0. The lowest BCUT2D eigenvalue weighted by molar-refractivity contribution is -0.113. The number of rotatable bonds is 9. The molecule has 0 aliphatic heterocycles. The maximum Gasteiger partial charge on any atom is 0.235 e. The molecule has 7 nitrogen and oxygen atoms in total. The van der Waals surface area contributed by atoms with Gasteiger partial charge in [-0.3, -0.25) is 4.79 Å². The lowest BCUT2D eigenvalue weighted by Crippen LogP contribution is -2.28. The maximum absolute atomic E-state index is 12.7. The highest BCUT2D eigenvalue weighted by Crippen LogP contribution is 2.45. The molecule has 9 heteroatoms. The zero-order valence-electron chi connectivity index (χ0n) is 20.6. The number of para-hydroxylation sites is 1. The predicted octanol–water partition coefficient (Wildman–Crippen LogP) is 5.60. The van der Waals surface area contributed by atoms with Gasteiger partial charge >= 0.3 is 0 Å². The molecule has 0 radical (unpaired) electrons. The summed E-state index contributed by atoms with van der Waals surface area (Å²) in [5.74, 6) is 2.07. The molecule has 1 atom stereocenters. The smallest absolute Gasteiger partial charge is 0.235 e. The summed E-state index contributed by atoms with van der Waals surface area (Å²) in [5, 5.41) is 22.5. The first kappa shape index (κ1) is 25.3. The Morgan fingerprint density at radius 3 is 2.83 bits per heavy atom. The molecule has 0 saturated carbocycles. The third-order valence-electron chi connectivity index (χ3n) is 7.02. The number of amides is 1. The quantitative estimate of drug-likeness (QED) is 0.378. The van der Waals surface area contributed by atoms with E-state index in [0.717, 1.165) is 37.0 Å². The van der Waals surface area contributed by atoms with Gasteiger partial charge in [0, 0.05) is 11.9 Å². The Morgan fingerprint density at radius 1 is 1.34 bits per heavy atom. The van der Waals surface area contributed by atoms with Crippen molar-refractivity contribution in [3.05, 3.63) is 52.2 Å². The van der Waals surface area contributed by atoms with E-state index in [1.54, 1.807) is 11.3 Å². The Balaban J connectivity index is 1.36. The molecular formula is C26H31N5O2S2. The first-order chi connectivity index (χ1) is 16.8. The SMILES string of the molecule is CCC(C)(C)C1CCc2c(sc(NC(=O)CSc3nnc(COc4ccccc4)n3C)c2C#N)C1. The number of carbonyl (C=O) groups is 1. The highest BCUT2D eigenvalue weighted by Gasteiger charge is 2.34. The molecule has 1 unspecified atom stereocenters. The van der Waals surface area contributed by atoms with Crippen molar-refractivity contribution in [3.8, 4) is 11.8 Å². The summed E-state index contributed by atoms with van der Waals surface area (Å²) in [6, 6.07) is 11.9. The summed E-state index contributed by atoms with van der Waals surface area (Å²) in [6.07, 6.45) is 4.10. The second-order valence-corrected chi connectivity index (χ2v) is 11.5. The Bertz CT molecular complexity index is 1230. The second-order valence-electron chi connectivity index (χ2n) is 9.50. The fraction of sp³-hybridized carbons (Fsp3) is 0.462. The van der Waals surface area contributed by atoms with Crippen LogP contribution in [0.1, 0.15) is 55.4 Å². The number of thiophene rings is 1. The molecule has 3 aromatic rings. The fourth-order valence-electron chi connectivity index (χ4n) is 4.30. The summed E-state index contributed by atoms with van der Waals surface area (Å²) in [5.41, 5.74) is 2.03. The van der Waals surface area contributed by atoms with Crippen molar-refractivity contribution in [1.82, 2.24) is 14.8 Å². The number of nitrogens with zero attached hydrogens (tertiary/aromatic N) is 4. The molecule has 0 fully saturated rings. The van der Waals surface area contributed by atoms with Crippen molar-refractivity contribution in [3.63, 3.8) is 0 Å². The zero-order valence-corrected chi connectivity index (χ0v) is 22.3. The van der Waals surface area contributed by atoms with Gasteiger partial charge in [0.25, 0.3) is 0 Å². The van der Waals surface area contributed by atoms with Crippen LogP contribution in [0.3, 0.4) is 0 Å². The molecule has 1 amide bonds. The molecule has 4 rings (SSSR count). The number of hydrogen-bond donors (Lipinski definition) is 1. The van der Waals surface area contributed by atoms with Crippen LogP contribution in [0.5, 0.6) is 5.75 Å². The maximum atomic E-state index is 12.7. The lowest BCUT2D eigenvalue weighted by atomic mass is 9.69. The largest absolute Gasteiger partial charge is 0.486 e. The van der Waals surface area contributed by atoms with Gasteiger partial charge in [-0.15, -0.1) is 21.5 Å². The van der Waals surface area contributed by atoms with Gasteiger partial charge < -0.3 is 14.6 Å². The van der Waals surface area contributed by atoms with Crippen molar-refractivity contribution in [1.29, 1.82) is 5.26 Å². The van der Waals surface area contributed by atoms with Gasteiger partial charge in [0.15, 0.2) is 11.0 Å². The average Bonchev–Trinajstić information content (AvgIpc) is 3.40. The van der Waals surface area contributed by atoms with Crippen LogP contribution in [0.2, 0.25) is 0 Å². The van der Waals surface area contributed by atoms with E-state index < -0.39 is 0 Å². The number of thioether (sulfide) groups is 1. The van der Waals surface area contributed by atoms with E-state index in [-0.39, 0.29) is 17.1 Å². The number of nitriles is 1. The molecule has 1 N–H and O–H groups in total. The van der Waals surface area contributed by atoms with E-state index in [4.69, 9.17) is 4.74 Å². The van der Waals surface area contributed by atoms with E-state index in [1.165, 1.54) is 16.6 Å². The average molecular weight is 510 g/mol. The van der Waals surface area contributed by atoms with Crippen molar-refractivity contribution >= 4 is 34.0 Å². The molecule has 2 aromatic heterocycles. The monoisotopic (exact) mass is 509 g/mol. The number of nitrogens with one attached hydrogen (secondary N) is 1. The summed E-state index contributed by atoms with van der Waals surface area (Å²) >= 11 is 2.88. The van der Waals surface area contributed by atoms with E-state index in [9.17, 15) is 10.1 Å². The zero-order chi connectivity index (χ0) is 25.0. The van der Waals surface area contributed by atoms with Crippen LogP contribution in [0.4, 0.5) is 5.00 Å². The van der Waals surface area contributed by atoms with E-state index in [1.807, 2.05) is 41.9 Å². The molecule has 1 aliphatic carbocycles. The highest BCUT2D eigenvalue weighted by molar-refractivity contribution is 7.99. The molecule has 0 saturated heterocycles. The van der Waals surface area contributed by atoms with Crippen molar-refractivity contribution < 1.29 is 9.53 Å². The Kier molecular flexibility index (Phi) is 7.82. The van der Waals surface area contributed by atoms with Crippen molar-refractivity contribution in [2.75, 3.05) is 11.1 Å². The number of carbonyl (C=O) groups excluding carboxylic acids is 1. The third-order valence-corrected chi connectivity index (χ3v) is 9.21. The molecule has 35 heavy (non-hydrogen) atoms. The van der Waals surface area contributed by atoms with Crippen LogP contribution >= 0.6 is 23.1 Å². The minimum atomic E-state index is -0.152. The first-order valence-corrected chi connectivity index (χ1v) is 13.7. The van der Waals surface area contributed by atoms with Gasteiger partial charge in [-0.05, 0) is 48.3 Å². The van der Waals surface area contributed by atoms with Gasteiger partial charge in [0.1, 0.15) is 23.4 Å². The minimum absolute atomic E-state index is 0.152. The molecule has 0 bridgehead atoms. The summed E-state index contributed by atoms with van der Waals surface area (Å²) in [7, 11) is 1.86. The molecule has 1 aromatic carbocycles. The molecule has 0 spiro atoms. The number of anilines is 1. The topological polar surface area (TPSA) is 92.8 Å².